The second kappa shape index (κ2) is 3.95. The second-order valence-electron chi connectivity index (χ2n) is 3.90. The predicted octanol–water partition coefficient (Wildman–Crippen LogP) is 3.36. The van der Waals surface area contributed by atoms with Crippen molar-refractivity contribution in [3.63, 3.8) is 0 Å². The molecule has 1 heterocycles. The summed E-state index contributed by atoms with van der Waals surface area (Å²) in [5.41, 5.74) is 1.63. The molecule has 0 saturated heterocycles. The fourth-order valence-corrected chi connectivity index (χ4v) is 3.40. The van der Waals surface area contributed by atoms with Gasteiger partial charge in [0.05, 0.1) is 6.61 Å². The average Bonchev–Trinajstić information content (AvgIpc) is 2.77. The Morgan fingerprint density at radius 3 is 2.47 bits per heavy atom. The van der Waals surface area contributed by atoms with E-state index in [4.69, 9.17) is 0 Å². The van der Waals surface area contributed by atoms with E-state index in [1.807, 2.05) is 36.4 Å². The number of fused-ring (bicyclic) bond motifs is 3. The summed E-state index contributed by atoms with van der Waals surface area (Å²) in [7, 11) is 0. The quantitative estimate of drug-likeness (QED) is 0.700. The molecule has 2 nitrogen and oxygen atoms in total. The third kappa shape index (κ3) is 1.47. The van der Waals surface area contributed by atoms with Gasteiger partial charge in [-0.15, -0.1) is 11.3 Å². The molecule has 1 N–H and O–H groups in total. The van der Waals surface area contributed by atoms with E-state index in [1.54, 1.807) is 11.3 Å². The zero-order valence-corrected chi connectivity index (χ0v) is 9.83. The zero-order valence-electron chi connectivity index (χ0n) is 9.01. The molecule has 3 heteroatoms. The minimum atomic E-state index is 0.0284. The molecule has 3 aromatic rings. The monoisotopic (exact) mass is 242 g/mol. The van der Waals surface area contributed by atoms with Gasteiger partial charge in [0, 0.05) is 25.7 Å². The van der Waals surface area contributed by atoms with Crippen molar-refractivity contribution in [1.82, 2.24) is 0 Å². The van der Waals surface area contributed by atoms with Gasteiger partial charge in [-0.25, -0.2) is 0 Å². The van der Waals surface area contributed by atoms with E-state index >= 15 is 0 Å². The molecule has 0 aliphatic rings. The lowest BCUT2D eigenvalue weighted by atomic mass is 10.1. The maximum Gasteiger partial charge on any atom is 0.151 e. The van der Waals surface area contributed by atoms with E-state index in [0.29, 0.717) is 5.56 Å². The minimum absolute atomic E-state index is 0.0284. The normalized spacial score (nSPS) is 11.1. The number of aldehydes is 1. The molecule has 0 radical (unpaired) electrons. The largest absolute Gasteiger partial charge is 0.392 e. The van der Waals surface area contributed by atoms with Gasteiger partial charge < -0.3 is 5.11 Å². The summed E-state index contributed by atoms with van der Waals surface area (Å²) < 4.78 is 2.07. The number of aliphatic hydroxyl groups excluding tert-OH is 1. The van der Waals surface area contributed by atoms with Gasteiger partial charge in [0.1, 0.15) is 0 Å². The van der Waals surface area contributed by atoms with Crippen LogP contribution in [0.2, 0.25) is 0 Å². The van der Waals surface area contributed by atoms with E-state index in [9.17, 15) is 9.90 Å². The van der Waals surface area contributed by atoms with Crippen molar-refractivity contribution in [3.05, 3.63) is 47.5 Å². The van der Waals surface area contributed by atoms with Crippen LogP contribution < -0.4 is 0 Å². The number of benzene rings is 2. The summed E-state index contributed by atoms with van der Waals surface area (Å²) in [4.78, 5) is 11.0. The molecule has 0 atom stereocenters. The molecule has 0 aliphatic heterocycles. The Kier molecular flexibility index (Phi) is 2.42. The maximum atomic E-state index is 11.0. The second-order valence-corrected chi connectivity index (χ2v) is 4.92. The highest BCUT2D eigenvalue weighted by atomic mass is 32.1. The summed E-state index contributed by atoms with van der Waals surface area (Å²) >= 11 is 1.57. The van der Waals surface area contributed by atoms with Crippen molar-refractivity contribution in [1.29, 1.82) is 0 Å². The predicted molar refractivity (Wildman–Crippen MR) is 70.6 cm³/mol. The number of carbonyl (C=O) groups is 1. The van der Waals surface area contributed by atoms with E-state index in [-0.39, 0.29) is 6.61 Å². The van der Waals surface area contributed by atoms with Crippen molar-refractivity contribution in [2.75, 3.05) is 0 Å². The standard InChI is InChI=1S/C14H10O2S/c15-7-9-3-1-5-11-12-6-2-4-10(8-16)14(12)17-13(9)11/h1-7,16H,8H2. The molecule has 0 spiro atoms. The van der Waals surface area contributed by atoms with Crippen LogP contribution in [0.3, 0.4) is 0 Å². The van der Waals surface area contributed by atoms with Crippen molar-refractivity contribution < 1.29 is 9.90 Å². The SMILES string of the molecule is O=Cc1cccc2c1sc1c(CO)cccc12. The lowest BCUT2D eigenvalue weighted by molar-refractivity contribution is 0.112. The number of thiophene rings is 1. The van der Waals surface area contributed by atoms with Gasteiger partial charge >= 0.3 is 0 Å². The van der Waals surface area contributed by atoms with Gasteiger partial charge in [-0.2, -0.15) is 0 Å². The fourth-order valence-electron chi connectivity index (χ4n) is 2.12. The highest BCUT2D eigenvalue weighted by Gasteiger charge is 2.10. The number of hydrogen-bond acceptors (Lipinski definition) is 3. The molecular weight excluding hydrogens is 232 g/mol. The molecule has 0 fully saturated rings. The molecule has 17 heavy (non-hydrogen) atoms. The first kappa shape index (κ1) is 10.4. The van der Waals surface area contributed by atoms with Gasteiger partial charge in [-0.1, -0.05) is 36.4 Å². The van der Waals surface area contributed by atoms with E-state index in [1.165, 1.54) is 0 Å². The van der Waals surface area contributed by atoms with Crippen LogP contribution in [0.1, 0.15) is 15.9 Å². The molecule has 0 bridgehead atoms. The van der Waals surface area contributed by atoms with E-state index in [0.717, 1.165) is 32.0 Å². The van der Waals surface area contributed by atoms with Crippen LogP contribution >= 0.6 is 11.3 Å². The Bertz CT molecular complexity index is 713. The Morgan fingerprint density at radius 2 is 1.76 bits per heavy atom. The summed E-state index contributed by atoms with van der Waals surface area (Å²) in [5.74, 6) is 0. The van der Waals surface area contributed by atoms with Crippen LogP contribution in [0.5, 0.6) is 0 Å². The van der Waals surface area contributed by atoms with Crippen LogP contribution in [0.25, 0.3) is 20.2 Å². The highest BCUT2D eigenvalue weighted by molar-refractivity contribution is 7.26. The summed E-state index contributed by atoms with van der Waals surface area (Å²) in [5, 5.41) is 11.5. The Morgan fingerprint density at radius 1 is 1.06 bits per heavy atom. The molecule has 1 aromatic heterocycles. The van der Waals surface area contributed by atoms with E-state index < -0.39 is 0 Å². The van der Waals surface area contributed by atoms with Crippen LogP contribution in [-0.4, -0.2) is 11.4 Å². The van der Waals surface area contributed by atoms with Crippen LogP contribution in [0.4, 0.5) is 0 Å². The van der Waals surface area contributed by atoms with Crippen LogP contribution in [-0.2, 0) is 6.61 Å². The number of hydrogen-bond donors (Lipinski definition) is 1. The van der Waals surface area contributed by atoms with Gasteiger partial charge in [-0.05, 0) is 5.56 Å². The smallest absolute Gasteiger partial charge is 0.151 e. The van der Waals surface area contributed by atoms with Crippen LogP contribution in [0.15, 0.2) is 36.4 Å². The lowest BCUT2D eigenvalue weighted by Crippen LogP contribution is -1.80. The molecule has 84 valence electrons. The Balaban J connectivity index is 2.53. The topological polar surface area (TPSA) is 37.3 Å². The molecule has 0 unspecified atom stereocenters. The molecule has 2 aromatic carbocycles. The van der Waals surface area contributed by atoms with Gasteiger partial charge in [0.25, 0.3) is 0 Å². The van der Waals surface area contributed by atoms with Gasteiger partial charge in [0.2, 0.25) is 0 Å². The Labute approximate surface area is 102 Å². The average molecular weight is 242 g/mol. The molecule has 0 aliphatic carbocycles. The fraction of sp³-hybridized carbons (Fsp3) is 0.0714. The van der Waals surface area contributed by atoms with Crippen molar-refractivity contribution in [2.45, 2.75) is 6.61 Å². The van der Waals surface area contributed by atoms with Gasteiger partial charge in [0.15, 0.2) is 6.29 Å². The number of aliphatic hydroxyl groups is 1. The zero-order chi connectivity index (χ0) is 11.8. The van der Waals surface area contributed by atoms with Gasteiger partial charge in [-0.3, -0.25) is 4.79 Å². The molecule has 0 amide bonds. The van der Waals surface area contributed by atoms with Crippen molar-refractivity contribution in [2.24, 2.45) is 0 Å². The maximum absolute atomic E-state index is 11.0. The highest BCUT2D eigenvalue weighted by Crippen LogP contribution is 2.37. The Hall–Kier alpha value is -1.71. The van der Waals surface area contributed by atoms with E-state index in [2.05, 4.69) is 0 Å². The minimum Gasteiger partial charge on any atom is -0.392 e. The third-order valence-corrected chi connectivity index (χ3v) is 4.28. The van der Waals surface area contributed by atoms with Crippen LogP contribution in [0, 0.1) is 0 Å². The van der Waals surface area contributed by atoms with Crippen molar-refractivity contribution >= 4 is 37.8 Å². The molecule has 3 rings (SSSR count). The first-order valence-electron chi connectivity index (χ1n) is 5.34. The molecular formula is C14H10O2S. The third-order valence-electron chi connectivity index (χ3n) is 2.93. The summed E-state index contributed by atoms with van der Waals surface area (Å²) in [6.07, 6.45) is 0.885. The first-order valence-corrected chi connectivity index (χ1v) is 6.16. The van der Waals surface area contributed by atoms with Crippen molar-refractivity contribution in [3.8, 4) is 0 Å². The summed E-state index contributed by atoms with van der Waals surface area (Å²) in [6.45, 7) is 0.0284. The number of rotatable bonds is 2. The molecule has 0 saturated carbocycles. The summed E-state index contributed by atoms with van der Waals surface area (Å²) in [6, 6.07) is 11.6. The lowest BCUT2D eigenvalue weighted by Gasteiger charge is -1.97. The number of carbonyl (C=O) groups excluding carboxylic acids is 1. The first-order chi connectivity index (χ1) is 8.35.